The van der Waals surface area contributed by atoms with E-state index in [9.17, 15) is 0 Å². The van der Waals surface area contributed by atoms with E-state index in [-0.39, 0.29) is 0 Å². The van der Waals surface area contributed by atoms with Crippen molar-refractivity contribution in [2.24, 2.45) is 11.8 Å². The molecule has 0 bridgehead atoms. The second-order valence-corrected chi connectivity index (χ2v) is 14.6. The van der Waals surface area contributed by atoms with E-state index in [1.54, 1.807) is 16.7 Å². The third-order valence-electron chi connectivity index (χ3n) is 11.0. The fourth-order valence-electron chi connectivity index (χ4n) is 8.33. The summed E-state index contributed by atoms with van der Waals surface area (Å²) in [5, 5.41) is 0. The lowest BCUT2D eigenvalue weighted by molar-refractivity contribution is 0.180. The van der Waals surface area contributed by atoms with E-state index in [4.69, 9.17) is 0 Å². The molecule has 0 saturated carbocycles. The smallest absolute Gasteiger partial charge is 0.0230 e. The first-order valence-corrected chi connectivity index (χ1v) is 18.7. The van der Waals surface area contributed by atoms with Gasteiger partial charge in [0.25, 0.3) is 0 Å². The summed E-state index contributed by atoms with van der Waals surface area (Å²) >= 11 is 0. The van der Waals surface area contributed by atoms with Crippen molar-refractivity contribution in [3.8, 4) is 0 Å². The third kappa shape index (κ3) is 10.3. The van der Waals surface area contributed by atoms with Crippen molar-refractivity contribution in [2.75, 3.05) is 39.3 Å². The van der Waals surface area contributed by atoms with Crippen LogP contribution in [0, 0.1) is 11.8 Å². The highest BCUT2D eigenvalue weighted by Gasteiger charge is 2.24. The average Bonchev–Trinajstić information content (AvgIpc) is 3.59. The van der Waals surface area contributed by atoms with Crippen LogP contribution < -0.4 is 0 Å². The molecule has 0 radical (unpaired) electrons. The van der Waals surface area contributed by atoms with Crippen molar-refractivity contribution in [3.63, 3.8) is 0 Å². The number of hydrogen-bond acceptors (Lipinski definition) is 2. The van der Waals surface area contributed by atoms with E-state index < -0.39 is 0 Å². The molecule has 2 aromatic carbocycles. The predicted molar refractivity (Wildman–Crippen MR) is 197 cm³/mol. The molecule has 0 amide bonds. The first-order chi connectivity index (χ1) is 22.8. The number of likely N-dealkylation sites (tertiary alicyclic amines) is 2. The van der Waals surface area contributed by atoms with Gasteiger partial charge in [0.1, 0.15) is 0 Å². The largest absolute Gasteiger partial charge is 0.302 e. The van der Waals surface area contributed by atoms with Crippen molar-refractivity contribution in [1.82, 2.24) is 9.80 Å². The first-order valence-electron chi connectivity index (χ1n) is 18.7. The average molecular weight is 615 g/mol. The fourth-order valence-corrected chi connectivity index (χ4v) is 8.33. The van der Waals surface area contributed by atoms with Crippen molar-refractivity contribution in [2.45, 2.75) is 89.4 Å². The Bertz CT molecular complexity index is 1300. The Hall–Kier alpha value is -2.94. The van der Waals surface area contributed by atoms with Gasteiger partial charge in [-0.05, 0) is 131 Å². The summed E-state index contributed by atoms with van der Waals surface area (Å²) in [6, 6.07) is 22.2. The van der Waals surface area contributed by atoms with Gasteiger partial charge in [0.2, 0.25) is 0 Å². The number of rotatable bonds is 12. The molecule has 2 fully saturated rings. The number of nitrogens with zero attached hydrogens (tertiary/aromatic N) is 2. The van der Waals surface area contributed by atoms with Crippen LogP contribution in [0.15, 0.2) is 120 Å². The number of benzene rings is 2. The maximum absolute atomic E-state index is 2.77. The summed E-state index contributed by atoms with van der Waals surface area (Å²) in [4.78, 5) is 5.49. The molecular formula is C44H58N2. The zero-order chi connectivity index (χ0) is 31.2. The van der Waals surface area contributed by atoms with E-state index >= 15 is 0 Å². The van der Waals surface area contributed by atoms with Crippen LogP contribution in [-0.2, 0) is 0 Å². The molecule has 0 spiro atoms. The second-order valence-electron chi connectivity index (χ2n) is 14.6. The molecule has 0 aromatic heterocycles. The Morgan fingerprint density at radius 1 is 0.717 bits per heavy atom. The summed E-state index contributed by atoms with van der Waals surface area (Å²) in [6.07, 6.45) is 34.0. The van der Waals surface area contributed by atoms with E-state index in [2.05, 4.69) is 113 Å². The second kappa shape index (κ2) is 17.8. The van der Waals surface area contributed by atoms with Gasteiger partial charge in [0.15, 0.2) is 0 Å². The van der Waals surface area contributed by atoms with Gasteiger partial charge >= 0.3 is 0 Å². The topological polar surface area (TPSA) is 6.48 Å². The van der Waals surface area contributed by atoms with E-state index in [1.165, 1.54) is 114 Å². The highest BCUT2D eigenvalue weighted by atomic mass is 15.1. The van der Waals surface area contributed by atoms with E-state index in [0.29, 0.717) is 5.92 Å². The molecule has 6 rings (SSSR count). The van der Waals surface area contributed by atoms with Crippen LogP contribution in [0.25, 0.3) is 0 Å². The maximum atomic E-state index is 2.77. The fraction of sp³-hybridized carbons (Fsp3) is 0.500. The minimum Gasteiger partial charge on any atom is -0.302 e. The van der Waals surface area contributed by atoms with Crippen molar-refractivity contribution in [3.05, 3.63) is 131 Å². The molecule has 4 aliphatic rings. The minimum absolute atomic E-state index is 0.441. The first kappa shape index (κ1) is 33.0. The third-order valence-corrected chi connectivity index (χ3v) is 11.0. The van der Waals surface area contributed by atoms with Crippen LogP contribution in [0.2, 0.25) is 0 Å². The van der Waals surface area contributed by atoms with Crippen LogP contribution in [0.5, 0.6) is 0 Å². The van der Waals surface area contributed by atoms with Crippen LogP contribution in [0.3, 0.4) is 0 Å². The summed E-state index contributed by atoms with van der Waals surface area (Å²) in [7, 11) is 0. The lowest BCUT2D eigenvalue weighted by atomic mass is 9.87. The van der Waals surface area contributed by atoms with E-state index in [1.807, 2.05) is 0 Å². The van der Waals surface area contributed by atoms with Crippen LogP contribution in [0.1, 0.15) is 101 Å². The zero-order valence-corrected chi connectivity index (χ0v) is 28.4. The monoisotopic (exact) mass is 614 g/mol. The molecule has 2 saturated heterocycles. The molecule has 244 valence electrons. The molecule has 1 unspecified atom stereocenters. The molecule has 2 aromatic rings. The van der Waals surface area contributed by atoms with Gasteiger partial charge in [-0.1, -0.05) is 115 Å². The molecule has 46 heavy (non-hydrogen) atoms. The van der Waals surface area contributed by atoms with Crippen molar-refractivity contribution >= 4 is 0 Å². The van der Waals surface area contributed by atoms with Gasteiger partial charge in [0, 0.05) is 25.6 Å². The van der Waals surface area contributed by atoms with Crippen LogP contribution in [-0.4, -0.2) is 49.1 Å². The lowest BCUT2D eigenvalue weighted by Gasteiger charge is -2.35. The summed E-state index contributed by atoms with van der Waals surface area (Å²) in [6.45, 7) is 7.29. The number of hydrogen-bond donors (Lipinski definition) is 0. The quantitative estimate of drug-likeness (QED) is 0.235. The molecule has 1 atom stereocenters. The Morgan fingerprint density at radius 2 is 1.50 bits per heavy atom. The maximum Gasteiger partial charge on any atom is 0.0230 e. The zero-order valence-electron chi connectivity index (χ0n) is 28.4. The van der Waals surface area contributed by atoms with Gasteiger partial charge in [0.05, 0.1) is 0 Å². The minimum atomic E-state index is 0.441. The molecule has 2 nitrogen and oxygen atoms in total. The Kier molecular flexibility index (Phi) is 12.8. The van der Waals surface area contributed by atoms with Crippen LogP contribution >= 0.6 is 0 Å². The Morgan fingerprint density at radius 3 is 2.28 bits per heavy atom. The molecule has 2 aliphatic heterocycles. The number of piperidine rings is 1. The Balaban J connectivity index is 0.960. The highest BCUT2D eigenvalue weighted by Crippen LogP contribution is 2.32. The highest BCUT2D eigenvalue weighted by molar-refractivity contribution is 5.34. The van der Waals surface area contributed by atoms with Gasteiger partial charge in [-0.15, -0.1) is 0 Å². The standard InChI is InChI=1S/C44H58N2/c1-2-6-18-39(17-5-1)34-46-29-14-13-19-40(35-46)22-15-21-37-16-11-12-20-41(32-37)33-38-27-30-45(31-28-38)36-44(42-23-7-3-8-24-42)43-25-9-4-10-26-43/h3-5,7-12,17-18,20,23-26,32,38,40,44H,1-2,6,13-16,19,21-22,27-31,33-36H2. The number of allylic oxidation sites excluding steroid dienone is 8. The molecular weight excluding hydrogens is 556 g/mol. The predicted octanol–water partition coefficient (Wildman–Crippen LogP) is 10.7. The molecule has 0 N–H and O–H groups in total. The van der Waals surface area contributed by atoms with Crippen LogP contribution in [0.4, 0.5) is 0 Å². The normalized spacial score (nSPS) is 22.1. The van der Waals surface area contributed by atoms with Crippen molar-refractivity contribution in [1.29, 1.82) is 0 Å². The molecule has 2 heteroatoms. The molecule has 2 aliphatic carbocycles. The van der Waals surface area contributed by atoms with Crippen molar-refractivity contribution < 1.29 is 0 Å². The Labute approximate surface area is 280 Å². The van der Waals surface area contributed by atoms with Gasteiger partial charge in [-0.3, -0.25) is 4.90 Å². The van der Waals surface area contributed by atoms with Gasteiger partial charge in [-0.2, -0.15) is 0 Å². The van der Waals surface area contributed by atoms with Gasteiger partial charge in [-0.25, -0.2) is 0 Å². The van der Waals surface area contributed by atoms with E-state index in [0.717, 1.165) is 31.3 Å². The van der Waals surface area contributed by atoms with Gasteiger partial charge < -0.3 is 4.90 Å². The summed E-state index contributed by atoms with van der Waals surface area (Å²) in [5.41, 5.74) is 7.65. The summed E-state index contributed by atoms with van der Waals surface area (Å²) in [5.74, 6) is 2.10. The summed E-state index contributed by atoms with van der Waals surface area (Å²) < 4.78 is 0. The lowest BCUT2D eigenvalue weighted by Crippen LogP contribution is -2.37. The SMILES string of the molecule is C1=CCC(CCCC2CCCCN(CC3=CCCCC=C3)C2)=CC(CC2CCN(CC(c3ccccc3)c3ccccc3)CC2)=C1. The molecule has 2 heterocycles.